The van der Waals surface area contributed by atoms with Gasteiger partial charge in [-0.05, 0) is 13.3 Å². The monoisotopic (exact) mass is 114 g/mol. The lowest BCUT2D eigenvalue weighted by Crippen LogP contribution is -2.22. The van der Waals surface area contributed by atoms with E-state index in [1.165, 1.54) is 6.42 Å². The first-order valence-electron chi connectivity index (χ1n) is 3.10. The summed E-state index contributed by atoms with van der Waals surface area (Å²) in [7, 11) is 0. The maximum absolute atomic E-state index is 5.44. The van der Waals surface area contributed by atoms with E-state index in [1.807, 2.05) is 6.92 Å². The standard InChI is InChI=1S/C6H10O2/c1-6-3-2-5(8-6)4-7-6/h5H,2-4H2,1H3. The van der Waals surface area contributed by atoms with Crippen LogP contribution in [0.2, 0.25) is 0 Å². The van der Waals surface area contributed by atoms with E-state index in [1.54, 1.807) is 0 Å². The molecule has 2 heteroatoms. The van der Waals surface area contributed by atoms with E-state index in [0.29, 0.717) is 6.10 Å². The molecule has 0 saturated carbocycles. The van der Waals surface area contributed by atoms with Gasteiger partial charge in [0.15, 0.2) is 5.79 Å². The zero-order valence-electron chi connectivity index (χ0n) is 5.02. The Balaban J connectivity index is 2.19. The average Bonchev–Trinajstić information content (AvgIpc) is 2.21. The Labute approximate surface area is 48.8 Å². The van der Waals surface area contributed by atoms with Crippen molar-refractivity contribution in [2.45, 2.75) is 31.7 Å². The van der Waals surface area contributed by atoms with Crippen molar-refractivity contribution in [2.75, 3.05) is 6.61 Å². The molecule has 0 aromatic rings. The lowest BCUT2D eigenvalue weighted by atomic mass is 10.1. The van der Waals surface area contributed by atoms with E-state index in [2.05, 4.69) is 0 Å². The van der Waals surface area contributed by atoms with Crippen molar-refractivity contribution in [1.29, 1.82) is 0 Å². The van der Waals surface area contributed by atoms with Gasteiger partial charge in [-0.25, -0.2) is 0 Å². The molecule has 2 bridgehead atoms. The van der Waals surface area contributed by atoms with E-state index in [0.717, 1.165) is 13.0 Å². The predicted octanol–water partition coefficient (Wildman–Crippen LogP) is 0.912. The minimum atomic E-state index is -0.190. The maximum Gasteiger partial charge on any atom is 0.166 e. The number of fused-ring (bicyclic) bond motifs is 2. The molecular formula is C6H10O2. The minimum Gasteiger partial charge on any atom is -0.348 e. The average molecular weight is 114 g/mol. The highest BCUT2D eigenvalue weighted by Crippen LogP contribution is 2.37. The van der Waals surface area contributed by atoms with Crippen molar-refractivity contribution in [3.63, 3.8) is 0 Å². The van der Waals surface area contributed by atoms with Gasteiger partial charge in [0.1, 0.15) is 0 Å². The Morgan fingerprint density at radius 1 is 1.62 bits per heavy atom. The molecule has 0 amide bonds. The van der Waals surface area contributed by atoms with Gasteiger partial charge in [0.2, 0.25) is 0 Å². The fourth-order valence-electron chi connectivity index (χ4n) is 1.39. The van der Waals surface area contributed by atoms with E-state index >= 15 is 0 Å². The van der Waals surface area contributed by atoms with Crippen molar-refractivity contribution < 1.29 is 9.47 Å². The van der Waals surface area contributed by atoms with Crippen LogP contribution >= 0.6 is 0 Å². The lowest BCUT2D eigenvalue weighted by molar-refractivity contribution is -0.128. The van der Waals surface area contributed by atoms with Crippen LogP contribution in [0.25, 0.3) is 0 Å². The van der Waals surface area contributed by atoms with Crippen molar-refractivity contribution in [1.82, 2.24) is 0 Å². The van der Waals surface area contributed by atoms with Crippen molar-refractivity contribution in [3.8, 4) is 0 Å². The summed E-state index contributed by atoms with van der Waals surface area (Å²) >= 11 is 0. The first-order chi connectivity index (χ1) is 3.79. The van der Waals surface area contributed by atoms with Crippen LogP contribution < -0.4 is 0 Å². The first kappa shape index (κ1) is 4.77. The molecule has 2 atom stereocenters. The Kier molecular flexibility index (Phi) is 0.746. The highest BCUT2D eigenvalue weighted by molar-refractivity contribution is 4.83. The molecule has 2 nitrogen and oxygen atoms in total. The van der Waals surface area contributed by atoms with Crippen LogP contribution in [-0.2, 0) is 9.47 Å². The van der Waals surface area contributed by atoms with Gasteiger partial charge in [0.05, 0.1) is 12.7 Å². The Morgan fingerprint density at radius 3 is 2.62 bits per heavy atom. The first-order valence-corrected chi connectivity index (χ1v) is 3.10. The lowest BCUT2D eigenvalue weighted by Gasteiger charge is -2.17. The van der Waals surface area contributed by atoms with Gasteiger partial charge in [-0.3, -0.25) is 0 Å². The van der Waals surface area contributed by atoms with Crippen molar-refractivity contribution in [3.05, 3.63) is 0 Å². The topological polar surface area (TPSA) is 18.5 Å². The zero-order valence-corrected chi connectivity index (χ0v) is 5.02. The van der Waals surface area contributed by atoms with Crippen LogP contribution in [0.5, 0.6) is 0 Å². The van der Waals surface area contributed by atoms with Gasteiger partial charge in [-0.1, -0.05) is 0 Å². The van der Waals surface area contributed by atoms with Gasteiger partial charge in [0.25, 0.3) is 0 Å². The third-order valence-corrected chi connectivity index (χ3v) is 1.91. The van der Waals surface area contributed by atoms with Crippen LogP contribution in [-0.4, -0.2) is 18.5 Å². The third kappa shape index (κ3) is 0.501. The molecule has 46 valence electrons. The van der Waals surface area contributed by atoms with Crippen LogP contribution in [0.15, 0.2) is 0 Å². The van der Waals surface area contributed by atoms with E-state index in [-0.39, 0.29) is 5.79 Å². The molecule has 0 spiro atoms. The second-order valence-corrected chi connectivity index (χ2v) is 2.72. The number of ether oxygens (including phenoxy) is 2. The molecule has 2 heterocycles. The van der Waals surface area contributed by atoms with Crippen LogP contribution in [0.3, 0.4) is 0 Å². The molecule has 2 unspecified atom stereocenters. The highest BCUT2D eigenvalue weighted by Gasteiger charge is 2.43. The molecule has 2 fully saturated rings. The fourth-order valence-corrected chi connectivity index (χ4v) is 1.39. The summed E-state index contributed by atoms with van der Waals surface area (Å²) in [6, 6.07) is 0. The second-order valence-electron chi connectivity index (χ2n) is 2.72. The second kappa shape index (κ2) is 1.25. The largest absolute Gasteiger partial charge is 0.348 e. The smallest absolute Gasteiger partial charge is 0.166 e. The molecule has 2 aliphatic rings. The zero-order chi connectivity index (χ0) is 5.61. The Morgan fingerprint density at radius 2 is 2.50 bits per heavy atom. The summed E-state index contributed by atoms with van der Waals surface area (Å²) in [5.74, 6) is -0.190. The number of hydrogen-bond acceptors (Lipinski definition) is 2. The molecule has 2 rings (SSSR count). The van der Waals surface area contributed by atoms with Gasteiger partial charge in [-0.15, -0.1) is 0 Å². The summed E-state index contributed by atoms with van der Waals surface area (Å²) in [6.45, 7) is 2.83. The van der Waals surface area contributed by atoms with E-state index in [4.69, 9.17) is 9.47 Å². The van der Waals surface area contributed by atoms with Crippen LogP contribution in [0.1, 0.15) is 19.8 Å². The van der Waals surface area contributed by atoms with Crippen LogP contribution in [0.4, 0.5) is 0 Å². The van der Waals surface area contributed by atoms with E-state index < -0.39 is 0 Å². The van der Waals surface area contributed by atoms with Gasteiger partial charge >= 0.3 is 0 Å². The molecule has 2 aliphatic heterocycles. The van der Waals surface area contributed by atoms with E-state index in [9.17, 15) is 0 Å². The molecule has 2 saturated heterocycles. The summed E-state index contributed by atoms with van der Waals surface area (Å²) in [5.41, 5.74) is 0. The minimum absolute atomic E-state index is 0.190. The Hall–Kier alpha value is -0.0800. The summed E-state index contributed by atoms with van der Waals surface area (Å²) < 4.78 is 10.8. The van der Waals surface area contributed by atoms with Crippen molar-refractivity contribution in [2.24, 2.45) is 0 Å². The quantitative estimate of drug-likeness (QED) is 0.466. The normalized spacial score (nSPS) is 52.9. The van der Waals surface area contributed by atoms with Gasteiger partial charge in [-0.2, -0.15) is 0 Å². The molecule has 0 aromatic heterocycles. The molecular weight excluding hydrogens is 104 g/mol. The third-order valence-electron chi connectivity index (χ3n) is 1.91. The summed E-state index contributed by atoms with van der Waals surface area (Å²) in [4.78, 5) is 0. The number of rotatable bonds is 0. The molecule has 8 heavy (non-hydrogen) atoms. The molecule has 0 radical (unpaired) electrons. The predicted molar refractivity (Wildman–Crippen MR) is 28.5 cm³/mol. The molecule has 0 N–H and O–H groups in total. The maximum atomic E-state index is 5.44. The van der Waals surface area contributed by atoms with Crippen LogP contribution in [0, 0.1) is 0 Å². The summed E-state index contributed by atoms with van der Waals surface area (Å²) in [6.07, 6.45) is 2.69. The van der Waals surface area contributed by atoms with Gasteiger partial charge < -0.3 is 9.47 Å². The number of hydrogen-bond donors (Lipinski definition) is 0. The molecule has 0 aliphatic carbocycles. The molecule has 0 aromatic carbocycles. The van der Waals surface area contributed by atoms with Crippen molar-refractivity contribution >= 4 is 0 Å². The summed E-state index contributed by atoms with van der Waals surface area (Å²) in [5, 5.41) is 0. The Bertz CT molecular complexity index is 103. The SMILES string of the molecule is CC12CCC(CO1)O2. The van der Waals surface area contributed by atoms with Gasteiger partial charge in [0, 0.05) is 6.42 Å². The highest BCUT2D eigenvalue weighted by atomic mass is 16.7. The fraction of sp³-hybridized carbons (Fsp3) is 1.00.